The third kappa shape index (κ3) is 4.63. The minimum Gasteiger partial charge on any atom is -0.497 e. The van der Waals surface area contributed by atoms with Gasteiger partial charge in [-0.1, -0.05) is 30.3 Å². The Morgan fingerprint density at radius 1 is 1.00 bits per heavy atom. The second-order valence-corrected chi connectivity index (χ2v) is 4.57. The highest BCUT2D eigenvalue weighted by Crippen LogP contribution is 2.11. The molecule has 114 valence electrons. The van der Waals surface area contributed by atoms with Crippen LogP contribution in [0.5, 0.6) is 5.75 Å². The highest BCUT2D eigenvalue weighted by Gasteiger charge is 2.09. The van der Waals surface area contributed by atoms with Gasteiger partial charge in [0.05, 0.1) is 13.7 Å². The second-order valence-electron chi connectivity index (χ2n) is 4.57. The fraction of sp³-hybridized carbons (Fsp3) is 0.176. The summed E-state index contributed by atoms with van der Waals surface area (Å²) in [6.07, 6.45) is -0.620. The number of methoxy groups -OCH3 is 1. The molecule has 0 fully saturated rings. The summed E-state index contributed by atoms with van der Waals surface area (Å²) in [4.78, 5) is 23.5. The zero-order valence-corrected chi connectivity index (χ0v) is 12.2. The Balaban J connectivity index is 1.76. The topological polar surface area (TPSA) is 64.6 Å². The van der Waals surface area contributed by atoms with E-state index in [-0.39, 0.29) is 18.9 Å². The van der Waals surface area contributed by atoms with Crippen molar-refractivity contribution in [2.75, 3.05) is 13.7 Å². The maximum Gasteiger partial charge on any atom is 0.407 e. The number of hydrogen-bond acceptors (Lipinski definition) is 4. The van der Waals surface area contributed by atoms with Crippen LogP contribution in [0.4, 0.5) is 4.79 Å². The zero-order valence-electron chi connectivity index (χ0n) is 12.2. The van der Waals surface area contributed by atoms with Crippen LogP contribution in [0, 0.1) is 0 Å². The lowest BCUT2D eigenvalue weighted by Gasteiger charge is -2.07. The molecule has 0 aromatic heterocycles. The lowest BCUT2D eigenvalue weighted by Crippen LogP contribution is -2.30. The van der Waals surface area contributed by atoms with Crippen LogP contribution in [-0.4, -0.2) is 25.5 Å². The third-order valence-corrected chi connectivity index (χ3v) is 3.02. The first-order valence-corrected chi connectivity index (χ1v) is 6.81. The number of rotatable bonds is 6. The number of carbonyl (C=O) groups excluding carboxylic acids is 2. The normalized spacial score (nSPS) is 9.86. The van der Waals surface area contributed by atoms with Gasteiger partial charge in [0.2, 0.25) is 0 Å². The first-order chi connectivity index (χ1) is 10.7. The SMILES string of the molecule is COc1ccc(C(=O)CNC(=O)OCc2ccccc2)cc1. The molecule has 0 aliphatic heterocycles. The van der Waals surface area contributed by atoms with Crippen molar-refractivity contribution in [1.29, 1.82) is 0 Å². The molecule has 0 bridgehead atoms. The van der Waals surface area contributed by atoms with Crippen LogP contribution in [-0.2, 0) is 11.3 Å². The van der Waals surface area contributed by atoms with Crippen LogP contribution >= 0.6 is 0 Å². The van der Waals surface area contributed by atoms with Gasteiger partial charge in [-0.3, -0.25) is 4.79 Å². The minimum absolute atomic E-state index is 0.111. The van der Waals surface area contributed by atoms with Crippen LogP contribution < -0.4 is 10.1 Å². The van der Waals surface area contributed by atoms with Crippen molar-refractivity contribution < 1.29 is 19.1 Å². The quantitative estimate of drug-likeness (QED) is 0.833. The Hall–Kier alpha value is -2.82. The minimum atomic E-state index is -0.620. The van der Waals surface area contributed by atoms with Gasteiger partial charge in [-0.2, -0.15) is 0 Å². The van der Waals surface area contributed by atoms with E-state index in [1.54, 1.807) is 31.4 Å². The number of Topliss-reactive ketones (excluding diaryl/α,β-unsaturated/α-hetero) is 1. The molecule has 0 spiro atoms. The van der Waals surface area contributed by atoms with Gasteiger partial charge in [0, 0.05) is 5.56 Å². The second kappa shape index (κ2) is 7.83. The van der Waals surface area contributed by atoms with Crippen LogP contribution in [0.25, 0.3) is 0 Å². The molecule has 0 saturated heterocycles. The molecule has 2 rings (SSSR count). The molecule has 22 heavy (non-hydrogen) atoms. The van der Waals surface area contributed by atoms with Gasteiger partial charge in [0.25, 0.3) is 0 Å². The molecule has 2 aromatic carbocycles. The van der Waals surface area contributed by atoms with E-state index >= 15 is 0 Å². The maximum atomic E-state index is 11.9. The summed E-state index contributed by atoms with van der Waals surface area (Å²) in [5.41, 5.74) is 1.39. The fourth-order valence-electron chi connectivity index (χ4n) is 1.81. The van der Waals surface area contributed by atoms with E-state index in [0.717, 1.165) is 5.56 Å². The van der Waals surface area contributed by atoms with Gasteiger partial charge >= 0.3 is 6.09 Å². The lowest BCUT2D eigenvalue weighted by atomic mass is 10.1. The molecule has 5 nitrogen and oxygen atoms in total. The molecular formula is C17H17NO4. The first-order valence-electron chi connectivity index (χ1n) is 6.81. The molecule has 2 aromatic rings. The zero-order chi connectivity index (χ0) is 15.8. The maximum absolute atomic E-state index is 11.9. The Morgan fingerprint density at radius 3 is 2.32 bits per heavy atom. The van der Waals surface area contributed by atoms with Crippen molar-refractivity contribution in [1.82, 2.24) is 5.32 Å². The first kappa shape index (κ1) is 15.6. The van der Waals surface area contributed by atoms with E-state index in [1.807, 2.05) is 30.3 Å². The van der Waals surface area contributed by atoms with E-state index in [2.05, 4.69) is 5.32 Å². The summed E-state index contributed by atoms with van der Waals surface area (Å²) in [6.45, 7) is 0.0589. The summed E-state index contributed by atoms with van der Waals surface area (Å²) < 4.78 is 10.0. The highest BCUT2D eigenvalue weighted by molar-refractivity contribution is 5.98. The average molecular weight is 299 g/mol. The third-order valence-electron chi connectivity index (χ3n) is 3.02. The molecule has 0 heterocycles. The van der Waals surface area contributed by atoms with Gasteiger partial charge in [0.15, 0.2) is 5.78 Å². The van der Waals surface area contributed by atoms with E-state index in [4.69, 9.17) is 9.47 Å². The summed E-state index contributed by atoms with van der Waals surface area (Å²) in [7, 11) is 1.56. The Bertz CT molecular complexity index is 623. The van der Waals surface area contributed by atoms with Crippen molar-refractivity contribution in [3.05, 3.63) is 65.7 Å². The van der Waals surface area contributed by atoms with E-state index in [9.17, 15) is 9.59 Å². The van der Waals surface area contributed by atoms with Gasteiger partial charge in [-0.15, -0.1) is 0 Å². The standard InChI is InChI=1S/C17H17NO4/c1-21-15-9-7-14(8-10-15)16(19)11-18-17(20)22-12-13-5-3-2-4-6-13/h2-10H,11-12H2,1H3,(H,18,20). The van der Waals surface area contributed by atoms with Crippen LogP contribution in [0.2, 0.25) is 0 Å². The number of alkyl carbamates (subject to hydrolysis) is 1. The van der Waals surface area contributed by atoms with E-state index in [0.29, 0.717) is 11.3 Å². The summed E-state index contributed by atoms with van der Waals surface area (Å²) >= 11 is 0. The van der Waals surface area contributed by atoms with Gasteiger partial charge in [-0.05, 0) is 29.8 Å². The molecule has 1 N–H and O–H groups in total. The molecule has 1 amide bonds. The summed E-state index contributed by atoms with van der Waals surface area (Å²) in [5, 5.41) is 2.44. The molecule has 0 saturated carbocycles. The number of nitrogens with one attached hydrogen (secondary N) is 1. The van der Waals surface area contributed by atoms with Crippen LogP contribution in [0.3, 0.4) is 0 Å². The molecule has 0 radical (unpaired) electrons. The van der Waals surface area contributed by atoms with Gasteiger partial charge in [-0.25, -0.2) is 4.79 Å². The van der Waals surface area contributed by atoms with Crippen LogP contribution in [0.15, 0.2) is 54.6 Å². The summed E-state index contributed by atoms with van der Waals surface area (Å²) in [5.74, 6) is 0.478. The number of ether oxygens (including phenoxy) is 2. The highest BCUT2D eigenvalue weighted by atomic mass is 16.5. The Kier molecular flexibility index (Phi) is 5.54. The molecule has 0 aliphatic carbocycles. The van der Waals surface area contributed by atoms with E-state index < -0.39 is 6.09 Å². The Labute approximate surface area is 128 Å². The number of benzene rings is 2. The molecule has 0 atom stereocenters. The van der Waals surface area contributed by atoms with Crippen molar-refractivity contribution in [2.24, 2.45) is 0 Å². The predicted octanol–water partition coefficient (Wildman–Crippen LogP) is 2.80. The molecule has 5 heteroatoms. The van der Waals surface area contributed by atoms with Crippen molar-refractivity contribution >= 4 is 11.9 Å². The smallest absolute Gasteiger partial charge is 0.407 e. The number of ketones is 1. The molecule has 0 aliphatic rings. The van der Waals surface area contributed by atoms with Crippen molar-refractivity contribution in [2.45, 2.75) is 6.61 Å². The number of amides is 1. The lowest BCUT2D eigenvalue weighted by molar-refractivity contribution is 0.0974. The van der Waals surface area contributed by atoms with Crippen molar-refractivity contribution in [3.63, 3.8) is 0 Å². The van der Waals surface area contributed by atoms with Crippen molar-refractivity contribution in [3.8, 4) is 5.75 Å². The van der Waals surface area contributed by atoms with Crippen LogP contribution in [0.1, 0.15) is 15.9 Å². The van der Waals surface area contributed by atoms with Gasteiger partial charge in [0.1, 0.15) is 12.4 Å². The largest absolute Gasteiger partial charge is 0.497 e. The average Bonchev–Trinajstić information content (AvgIpc) is 2.58. The molecule has 0 unspecified atom stereocenters. The van der Waals surface area contributed by atoms with Gasteiger partial charge < -0.3 is 14.8 Å². The molecular weight excluding hydrogens is 282 g/mol. The monoisotopic (exact) mass is 299 g/mol. The summed E-state index contributed by atoms with van der Waals surface area (Å²) in [6, 6.07) is 16.0. The fourth-order valence-corrected chi connectivity index (χ4v) is 1.81. The predicted molar refractivity (Wildman–Crippen MR) is 82.0 cm³/mol. The Morgan fingerprint density at radius 2 is 1.68 bits per heavy atom. The van der Waals surface area contributed by atoms with E-state index in [1.165, 1.54) is 0 Å². The number of carbonyl (C=O) groups is 2. The number of hydrogen-bond donors (Lipinski definition) is 1.